The first-order valence-corrected chi connectivity index (χ1v) is 4.56. The zero-order valence-corrected chi connectivity index (χ0v) is 5.69. The Kier molecular flexibility index (Phi) is 1.45. The topological polar surface area (TPSA) is 57.9 Å². The minimum Gasteiger partial charge on any atom is -0.229 e. The van der Waals surface area contributed by atoms with Crippen LogP contribution in [0.2, 0.25) is 0 Å². The minimum atomic E-state index is -2.83. The highest BCUT2D eigenvalue weighted by Crippen LogP contribution is 2.16. The third-order valence-electron chi connectivity index (χ3n) is 1.42. The van der Waals surface area contributed by atoms with Crippen LogP contribution in [0.3, 0.4) is 0 Å². The van der Waals surface area contributed by atoms with Gasteiger partial charge in [0.1, 0.15) is 0 Å². The standard InChI is InChI=1S/C5H7NO2S/c6-3-5-1-2-9(7,8)4-5/h5H,1-2,4H2/t5-/m0/s1. The highest BCUT2D eigenvalue weighted by molar-refractivity contribution is 7.91. The van der Waals surface area contributed by atoms with Gasteiger partial charge in [0, 0.05) is 0 Å². The van der Waals surface area contributed by atoms with Gasteiger partial charge < -0.3 is 0 Å². The number of sulfone groups is 1. The monoisotopic (exact) mass is 145 g/mol. The Hall–Kier alpha value is -0.560. The second-order valence-corrected chi connectivity index (χ2v) is 4.46. The molecule has 1 heterocycles. The molecule has 0 aromatic rings. The van der Waals surface area contributed by atoms with Gasteiger partial charge in [0.15, 0.2) is 9.84 Å². The summed E-state index contributed by atoms with van der Waals surface area (Å²) in [4.78, 5) is 0. The summed E-state index contributed by atoms with van der Waals surface area (Å²) >= 11 is 0. The zero-order chi connectivity index (χ0) is 6.91. The summed E-state index contributed by atoms with van der Waals surface area (Å²) in [5.74, 6) is 0.0318. The molecule has 0 amide bonds. The van der Waals surface area contributed by atoms with Gasteiger partial charge in [-0.05, 0) is 6.42 Å². The summed E-state index contributed by atoms with van der Waals surface area (Å²) in [6.45, 7) is 0. The van der Waals surface area contributed by atoms with Crippen LogP contribution in [-0.4, -0.2) is 19.9 Å². The quantitative estimate of drug-likeness (QED) is 0.480. The Morgan fingerprint density at radius 3 is 2.44 bits per heavy atom. The van der Waals surface area contributed by atoms with Gasteiger partial charge in [0.25, 0.3) is 0 Å². The molecule has 3 nitrogen and oxygen atoms in total. The average Bonchev–Trinajstić information content (AvgIpc) is 2.10. The first-order valence-electron chi connectivity index (χ1n) is 2.74. The first kappa shape index (κ1) is 6.56. The highest BCUT2D eigenvalue weighted by atomic mass is 32.2. The number of hydrogen-bond acceptors (Lipinski definition) is 3. The van der Waals surface area contributed by atoms with E-state index in [0.29, 0.717) is 6.42 Å². The number of hydrogen-bond donors (Lipinski definition) is 0. The van der Waals surface area contributed by atoms with Gasteiger partial charge in [-0.25, -0.2) is 8.42 Å². The molecule has 0 spiro atoms. The molecule has 1 atom stereocenters. The molecule has 0 aromatic carbocycles. The molecule has 0 aromatic heterocycles. The molecule has 0 radical (unpaired) electrons. The SMILES string of the molecule is N#C[C@@H]1CCS(=O)(=O)C1. The Labute approximate surface area is 54.2 Å². The van der Waals surface area contributed by atoms with Crippen molar-refractivity contribution in [1.29, 1.82) is 5.26 Å². The molecule has 0 bridgehead atoms. The maximum atomic E-state index is 10.6. The molecule has 1 aliphatic heterocycles. The summed E-state index contributed by atoms with van der Waals surface area (Å²) in [6.07, 6.45) is 0.527. The van der Waals surface area contributed by atoms with Crippen LogP contribution in [0.1, 0.15) is 6.42 Å². The molecule has 4 heteroatoms. The molecule has 0 N–H and O–H groups in total. The van der Waals surface area contributed by atoms with Crippen LogP contribution >= 0.6 is 0 Å². The van der Waals surface area contributed by atoms with E-state index in [2.05, 4.69) is 0 Å². The molecule has 1 saturated heterocycles. The van der Waals surface area contributed by atoms with E-state index in [1.807, 2.05) is 6.07 Å². The lowest BCUT2D eigenvalue weighted by Crippen LogP contribution is -2.02. The normalized spacial score (nSPS) is 31.7. The summed E-state index contributed by atoms with van der Waals surface area (Å²) in [5.41, 5.74) is 0. The van der Waals surface area contributed by atoms with Crippen molar-refractivity contribution in [3.05, 3.63) is 0 Å². The summed E-state index contributed by atoms with van der Waals surface area (Å²) in [7, 11) is -2.83. The molecule has 50 valence electrons. The summed E-state index contributed by atoms with van der Waals surface area (Å²) in [5, 5.41) is 8.28. The fourth-order valence-corrected chi connectivity index (χ4v) is 2.56. The van der Waals surface area contributed by atoms with E-state index in [-0.39, 0.29) is 17.4 Å². The van der Waals surface area contributed by atoms with Crippen molar-refractivity contribution in [3.63, 3.8) is 0 Å². The largest absolute Gasteiger partial charge is 0.229 e. The molecule has 1 aliphatic rings. The van der Waals surface area contributed by atoms with Crippen molar-refractivity contribution in [2.24, 2.45) is 5.92 Å². The smallest absolute Gasteiger partial charge is 0.151 e. The van der Waals surface area contributed by atoms with Crippen LogP contribution in [0, 0.1) is 17.2 Å². The van der Waals surface area contributed by atoms with E-state index in [4.69, 9.17) is 5.26 Å². The minimum absolute atomic E-state index is 0.0729. The van der Waals surface area contributed by atoms with Crippen LogP contribution in [-0.2, 0) is 9.84 Å². The lowest BCUT2D eigenvalue weighted by molar-refractivity contribution is 0.601. The van der Waals surface area contributed by atoms with Gasteiger partial charge >= 0.3 is 0 Å². The van der Waals surface area contributed by atoms with Crippen LogP contribution in [0.5, 0.6) is 0 Å². The zero-order valence-electron chi connectivity index (χ0n) is 4.87. The third-order valence-corrected chi connectivity index (χ3v) is 3.18. The molecule has 1 rings (SSSR count). The molecular weight excluding hydrogens is 138 g/mol. The van der Waals surface area contributed by atoms with E-state index in [0.717, 1.165) is 0 Å². The fraction of sp³-hybridized carbons (Fsp3) is 0.800. The molecule has 0 aliphatic carbocycles. The van der Waals surface area contributed by atoms with E-state index in [9.17, 15) is 8.42 Å². The van der Waals surface area contributed by atoms with Crippen LogP contribution < -0.4 is 0 Å². The third kappa shape index (κ3) is 1.42. The number of nitrogens with zero attached hydrogens (tertiary/aromatic N) is 1. The van der Waals surface area contributed by atoms with Crippen molar-refractivity contribution in [1.82, 2.24) is 0 Å². The van der Waals surface area contributed by atoms with Crippen molar-refractivity contribution in [2.75, 3.05) is 11.5 Å². The van der Waals surface area contributed by atoms with E-state index in [1.54, 1.807) is 0 Å². The molecule has 0 unspecified atom stereocenters. The van der Waals surface area contributed by atoms with Gasteiger partial charge in [0.2, 0.25) is 0 Å². The lowest BCUT2D eigenvalue weighted by atomic mass is 10.2. The van der Waals surface area contributed by atoms with Gasteiger partial charge in [0.05, 0.1) is 23.5 Å². The maximum absolute atomic E-state index is 10.6. The van der Waals surface area contributed by atoms with Crippen molar-refractivity contribution < 1.29 is 8.42 Å². The van der Waals surface area contributed by atoms with E-state index < -0.39 is 9.84 Å². The predicted octanol–water partition coefficient (Wildman–Crippen LogP) is -0.0553. The Morgan fingerprint density at radius 2 is 2.22 bits per heavy atom. The molecular formula is C5H7NO2S. The Morgan fingerprint density at radius 1 is 1.56 bits per heavy atom. The number of rotatable bonds is 0. The summed E-state index contributed by atoms with van der Waals surface area (Å²) in [6, 6.07) is 1.94. The van der Waals surface area contributed by atoms with Gasteiger partial charge in [-0.1, -0.05) is 0 Å². The maximum Gasteiger partial charge on any atom is 0.151 e. The van der Waals surface area contributed by atoms with Crippen LogP contribution in [0.4, 0.5) is 0 Å². The second-order valence-electron chi connectivity index (χ2n) is 2.23. The summed E-state index contributed by atoms with van der Waals surface area (Å²) < 4.78 is 21.3. The van der Waals surface area contributed by atoms with E-state index in [1.165, 1.54) is 0 Å². The average molecular weight is 145 g/mol. The fourth-order valence-electron chi connectivity index (χ4n) is 0.897. The molecule has 0 saturated carbocycles. The van der Waals surface area contributed by atoms with Crippen molar-refractivity contribution >= 4 is 9.84 Å². The van der Waals surface area contributed by atoms with Gasteiger partial charge in [-0.3, -0.25) is 0 Å². The van der Waals surface area contributed by atoms with Crippen molar-refractivity contribution in [3.8, 4) is 6.07 Å². The second kappa shape index (κ2) is 1.99. The first-order chi connectivity index (χ1) is 4.14. The van der Waals surface area contributed by atoms with Crippen LogP contribution in [0.25, 0.3) is 0 Å². The molecule has 1 fully saturated rings. The predicted molar refractivity (Wildman–Crippen MR) is 32.4 cm³/mol. The van der Waals surface area contributed by atoms with Gasteiger partial charge in [-0.2, -0.15) is 5.26 Å². The lowest BCUT2D eigenvalue weighted by Gasteiger charge is -1.87. The van der Waals surface area contributed by atoms with Crippen molar-refractivity contribution in [2.45, 2.75) is 6.42 Å². The Bertz CT molecular complexity index is 236. The van der Waals surface area contributed by atoms with Crippen LogP contribution in [0.15, 0.2) is 0 Å². The molecule has 9 heavy (non-hydrogen) atoms. The van der Waals surface area contributed by atoms with Gasteiger partial charge in [-0.15, -0.1) is 0 Å². The number of nitriles is 1. The Balaban J connectivity index is 2.72. The highest BCUT2D eigenvalue weighted by Gasteiger charge is 2.27. The van der Waals surface area contributed by atoms with E-state index >= 15 is 0 Å².